The average molecular weight is 264 g/mol. The van der Waals surface area contributed by atoms with Gasteiger partial charge in [-0.1, -0.05) is 12.1 Å². The van der Waals surface area contributed by atoms with Crippen LogP contribution in [0.25, 0.3) is 0 Å². The van der Waals surface area contributed by atoms with E-state index >= 15 is 0 Å². The van der Waals surface area contributed by atoms with Gasteiger partial charge < -0.3 is 10.4 Å². The van der Waals surface area contributed by atoms with Gasteiger partial charge in [-0.3, -0.25) is 14.9 Å². The van der Waals surface area contributed by atoms with Crippen LogP contribution in [0, 0.1) is 16.0 Å². The summed E-state index contributed by atoms with van der Waals surface area (Å²) in [5, 5.41) is 22.2. The van der Waals surface area contributed by atoms with Gasteiger partial charge in [0.1, 0.15) is 11.6 Å². The summed E-state index contributed by atoms with van der Waals surface area (Å²) in [5.74, 6) is -1.93. The van der Waals surface area contributed by atoms with Gasteiger partial charge in [0.05, 0.1) is 4.92 Å². The van der Waals surface area contributed by atoms with E-state index in [1.54, 1.807) is 0 Å². The number of para-hydroxylation sites is 1. The van der Waals surface area contributed by atoms with E-state index in [-0.39, 0.29) is 17.2 Å². The smallest absolute Gasteiger partial charge is 0.326 e. The first-order valence-corrected chi connectivity index (χ1v) is 5.78. The number of carbonyl (C=O) groups is 2. The Balaban J connectivity index is 2.19. The Hall–Kier alpha value is -2.44. The predicted octanol–water partition coefficient (Wildman–Crippen LogP) is 1.19. The van der Waals surface area contributed by atoms with Gasteiger partial charge in [-0.05, 0) is 24.8 Å². The maximum atomic E-state index is 11.9. The maximum absolute atomic E-state index is 11.9. The van der Waals surface area contributed by atoms with Crippen molar-refractivity contribution in [3.63, 3.8) is 0 Å². The van der Waals surface area contributed by atoms with Crippen molar-refractivity contribution in [2.24, 2.45) is 5.92 Å². The largest absolute Gasteiger partial charge is 0.480 e. The number of benzene rings is 1. The molecular formula is C12H12N2O5. The van der Waals surface area contributed by atoms with E-state index in [4.69, 9.17) is 5.11 Å². The number of nitrogens with zero attached hydrogens (tertiary/aromatic N) is 1. The number of nitrogens with one attached hydrogen (secondary N) is 1. The number of nitro groups is 1. The van der Waals surface area contributed by atoms with Gasteiger partial charge in [0.15, 0.2) is 0 Å². The van der Waals surface area contributed by atoms with Crippen LogP contribution < -0.4 is 5.32 Å². The van der Waals surface area contributed by atoms with Crippen LogP contribution in [0.5, 0.6) is 0 Å². The Bertz CT molecular complexity index is 539. The third kappa shape index (κ3) is 2.87. The summed E-state index contributed by atoms with van der Waals surface area (Å²) in [7, 11) is 0. The average Bonchev–Trinajstić information content (AvgIpc) is 3.19. The number of carbonyl (C=O) groups excluding carboxylic acids is 1. The molecule has 1 fully saturated rings. The topological polar surface area (TPSA) is 110 Å². The van der Waals surface area contributed by atoms with Crippen LogP contribution in [0.1, 0.15) is 23.2 Å². The molecule has 1 aliphatic rings. The minimum Gasteiger partial charge on any atom is -0.480 e. The summed E-state index contributed by atoms with van der Waals surface area (Å²) in [4.78, 5) is 33.1. The molecule has 1 aromatic rings. The zero-order chi connectivity index (χ0) is 14.0. The molecule has 1 atom stereocenters. The standard InChI is InChI=1S/C12H12N2O5/c15-11(13-10(12(16)17)7-5-6-7)8-3-1-2-4-9(8)14(18)19/h1-4,7,10H,5-6H2,(H,13,15)(H,16,17). The van der Waals surface area contributed by atoms with E-state index in [9.17, 15) is 19.7 Å². The molecule has 1 aliphatic carbocycles. The van der Waals surface area contributed by atoms with Gasteiger partial charge >= 0.3 is 5.97 Å². The quantitative estimate of drug-likeness (QED) is 0.613. The molecule has 1 unspecified atom stereocenters. The Kier molecular flexibility index (Phi) is 3.46. The fourth-order valence-corrected chi connectivity index (χ4v) is 1.85. The summed E-state index contributed by atoms with van der Waals surface area (Å²) in [6, 6.07) is 4.48. The summed E-state index contributed by atoms with van der Waals surface area (Å²) < 4.78 is 0. The molecule has 0 heterocycles. The van der Waals surface area contributed by atoms with E-state index in [1.807, 2.05) is 0 Å². The molecular weight excluding hydrogens is 252 g/mol. The van der Waals surface area contributed by atoms with Crippen LogP contribution in [0.3, 0.4) is 0 Å². The first-order valence-electron chi connectivity index (χ1n) is 5.78. The minimum absolute atomic E-state index is 0.0794. The second-order valence-corrected chi connectivity index (χ2v) is 4.40. The highest BCUT2D eigenvalue weighted by atomic mass is 16.6. The van der Waals surface area contributed by atoms with Crippen LogP contribution in [0.2, 0.25) is 0 Å². The molecule has 1 aromatic carbocycles. The normalized spacial score (nSPS) is 15.6. The molecule has 7 nitrogen and oxygen atoms in total. The Morgan fingerprint density at radius 2 is 2.00 bits per heavy atom. The lowest BCUT2D eigenvalue weighted by atomic mass is 10.1. The number of aliphatic carboxylic acids is 1. The van der Waals surface area contributed by atoms with E-state index < -0.39 is 22.8 Å². The third-order valence-corrected chi connectivity index (χ3v) is 2.99. The molecule has 1 saturated carbocycles. The first kappa shape index (κ1) is 13.0. The van der Waals surface area contributed by atoms with Gasteiger partial charge in [-0.15, -0.1) is 0 Å². The molecule has 2 rings (SSSR count). The molecule has 1 amide bonds. The Labute approximate surface area is 108 Å². The number of amides is 1. The van der Waals surface area contributed by atoms with Crippen LogP contribution in [0.15, 0.2) is 24.3 Å². The van der Waals surface area contributed by atoms with Crippen molar-refractivity contribution in [3.05, 3.63) is 39.9 Å². The van der Waals surface area contributed by atoms with E-state index in [1.165, 1.54) is 24.3 Å². The van der Waals surface area contributed by atoms with Crippen LogP contribution in [-0.4, -0.2) is 27.9 Å². The zero-order valence-corrected chi connectivity index (χ0v) is 9.91. The van der Waals surface area contributed by atoms with E-state index in [2.05, 4.69) is 5.32 Å². The number of carboxylic acid groups (broad SMARTS) is 1. The number of hydrogen-bond acceptors (Lipinski definition) is 4. The van der Waals surface area contributed by atoms with Crippen molar-refractivity contribution in [1.29, 1.82) is 0 Å². The van der Waals surface area contributed by atoms with Crippen molar-refractivity contribution in [2.75, 3.05) is 0 Å². The summed E-state index contributed by atoms with van der Waals surface area (Å²) in [6.07, 6.45) is 1.49. The van der Waals surface area contributed by atoms with Gasteiger partial charge in [-0.2, -0.15) is 0 Å². The molecule has 7 heteroatoms. The molecule has 0 radical (unpaired) electrons. The summed E-state index contributed by atoms with van der Waals surface area (Å²) in [5.41, 5.74) is -0.459. The van der Waals surface area contributed by atoms with Crippen molar-refractivity contribution in [2.45, 2.75) is 18.9 Å². The van der Waals surface area contributed by atoms with Gasteiger partial charge in [0, 0.05) is 6.07 Å². The van der Waals surface area contributed by atoms with E-state index in [0.29, 0.717) is 0 Å². The van der Waals surface area contributed by atoms with Crippen LogP contribution in [0.4, 0.5) is 5.69 Å². The monoisotopic (exact) mass is 264 g/mol. The highest BCUT2D eigenvalue weighted by molar-refractivity contribution is 6.00. The molecule has 0 bridgehead atoms. The fourth-order valence-electron chi connectivity index (χ4n) is 1.85. The van der Waals surface area contributed by atoms with Crippen molar-refractivity contribution in [1.82, 2.24) is 5.32 Å². The van der Waals surface area contributed by atoms with Crippen LogP contribution in [-0.2, 0) is 4.79 Å². The predicted molar refractivity (Wildman–Crippen MR) is 64.7 cm³/mol. The lowest BCUT2D eigenvalue weighted by Gasteiger charge is -2.13. The first-order chi connectivity index (χ1) is 9.00. The second kappa shape index (κ2) is 5.05. The molecule has 19 heavy (non-hydrogen) atoms. The molecule has 0 aliphatic heterocycles. The van der Waals surface area contributed by atoms with Gasteiger partial charge in [0.2, 0.25) is 0 Å². The Morgan fingerprint density at radius 1 is 1.37 bits per heavy atom. The summed E-state index contributed by atoms with van der Waals surface area (Å²) >= 11 is 0. The lowest BCUT2D eigenvalue weighted by molar-refractivity contribution is -0.385. The van der Waals surface area contributed by atoms with Gasteiger partial charge in [-0.25, -0.2) is 4.79 Å². The zero-order valence-electron chi connectivity index (χ0n) is 9.91. The SMILES string of the molecule is O=C(NC(C(=O)O)C1CC1)c1ccccc1[N+](=O)[O-]. The van der Waals surface area contributed by atoms with Crippen molar-refractivity contribution in [3.8, 4) is 0 Å². The lowest BCUT2D eigenvalue weighted by Crippen LogP contribution is -2.42. The molecule has 100 valence electrons. The number of hydrogen-bond donors (Lipinski definition) is 2. The van der Waals surface area contributed by atoms with Crippen molar-refractivity contribution >= 4 is 17.6 Å². The summed E-state index contributed by atoms with van der Waals surface area (Å²) in [6.45, 7) is 0. The maximum Gasteiger partial charge on any atom is 0.326 e. The second-order valence-electron chi connectivity index (χ2n) is 4.40. The van der Waals surface area contributed by atoms with E-state index in [0.717, 1.165) is 12.8 Å². The number of rotatable bonds is 5. The highest BCUT2D eigenvalue weighted by Crippen LogP contribution is 2.33. The molecule has 0 spiro atoms. The molecule has 2 N–H and O–H groups in total. The Morgan fingerprint density at radius 3 is 2.53 bits per heavy atom. The molecule has 0 saturated heterocycles. The molecule has 0 aromatic heterocycles. The number of nitro benzene ring substituents is 1. The van der Waals surface area contributed by atoms with Gasteiger partial charge in [0.25, 0.3) is 11.6 Å². The van der Waals surface area contributed by atoms with Crippen molar-refractivity contribution < 1.29 is 19.6 Å². The van der Waals surface area contributed by atoms with Crippen LogP contribution >= 0.6 is 0 Å². The fraction of sp³-hybridized carbons (Fsp3) is 0.333. The highest BCUT2D eigenvalue weighted by Gasteiger charge is 2.38. The number of carboxylic acids is 1. The third-order valence-electron chi connectivity index (χ3n) is 2.99. The minimum atomic E-state index is -1.12.